The standard InChI is InChI=1S/C27H29NO5/c1-27(2,3)16-24(29)28-22(14-17-8-5-4-6-9-17)26(31)32-18-12-13-20-19-10-7-11-21(19)25(30)33-23(20)15-18/h4-6,8-9,12-13,15,22H,7,10-11,14,16H2,1-3H3,(H,28,29)/t22-/m0/s1. The number of carbonyl (C=O) groups excluding carboxylic acids is 2. The number of nitrogens with one attached hydrogen (secondary N) is 1. The molecule has 4 rings (SSSR count). The second kappa shape index (κ2) is 9.22. The topological polar surface area (TPSA) is 85.6 Å². The first kappa shape index (κ1) is 22.8. The summed E-state index contributed by atoms with van der Waals surface area (Å²) in [5, 5.41) is 3.71. The minimum absolute atomic E-state index is 0.207. The highest BCUT2D eigenvalue weighted by atomic mass is 16.5. The number of aryl methyl sites for hydroxylation is 1. The van der Waals surface area contributed by atoms with Crippen molar-refractivity contribution in [2.24, 2.45) is 5.41 Å². The second-order valence-corrected chi connectivity index (χ2v) is 9.83. The largest absolute Gasteiger partial charge is 0.425 e. The molecule has 1 aliphatic rings. The molecule has 0 bridgehead atoms. The van der Waals surface area contributed by atoms with Gasteiger partial charge in [-0.1, -0.05) is 51.1 Å². The van der Waals surface area contributed by atoms with Crippen LogP contribution in [0, 0.1) is 5.41 Å². The maximum Gasteiger partial charge on any atom is 0.339 e. The Balaban J connectivity index is 1.56. The van der Waals surface area contributed by atoms with Crippen LogP contribution < -0.4 is 15.7 Å². The van der Waals surface area contributed by atoms with E-state index in [0.717, 1.165) is 41.3 Å². The van der Waals surface area contributed by atoms with Gasteiger partial charge in [0, 0.05) is 29.9 Å². The Kier molecular flexibility index (Phi) is 6.36. The number of amides is 1. The Morgan fingerprint density at radius 2 is 1.79 bits per heavy atom. The molecule has 0 fully saturated rings. The van der Waals surface area contributed by atoms with Crippen LogP contribution in [0.4, 0.5) is 0 Å². The third kappa shape index (κ3) is 5.51. The van der Waals surface area contributed by atoms with Crippen molar-refractivity contribution in [2.75, 3.05) is 0 Å². The van der Waals surface area contributed by atoms with Crippen molar-refractivity contribution in [2.45, 2.75) is 58.9 Å². The monoisotopic (exact) mass is 447 g/mol. The highest BCUT2D eigenvalue weighted by molar-refractivity contribution is 5.87. The molecule has 0 unspecified atom stereocenters. The highest BCUT2D eigenvalue weighted by Gasteiger charge is 2.26. The Labute approximate surface area is 192 Å². The molecule has 0 radical (unpaired) electrons. The van der Waals surface area contributed by atoms with Gasteiger partial charge in [-0.2, -0.15) is 0 Å². The summed E-state index contributed by atoms with van der Waals surface area (Å²) in [5.41, 5.74) is 2.56. The van der Waals surface area contributed by atoms with Crippen LogP contribution in [0.25, 0.3) is 11.0 Å². The molecular formula is C27H29NO5. The van der Waals surface area contributed by atoms with Gasteiger partial charge in [-0.15, -0.1) is 0 Å². The van der Waals surface area contributed by atoms with Crippen LogP contribution in [0.2, 0.25) is 0 Å². The van der Waals surface area contributed by atoms with Gasteiger partial charge in [-0.25, -0.2) is 9.59 Å². The van der Waals surface area contributed by atoms with Gasteiger partial charge in [0.1, 0.15) is 17.4 Å². The summed E-state index contributed by atoms with van der Waals surface area (Å²) in [6.07, 6.45) is 3.12. The van der Waals surface area contributed by atoms with Gasteiger partial charge in [0.15, 0.2) is 0 Å². The Hall–Kier alpha value is -3.41. The number of rotatable bonds is 6. The van der Waals surface area contributed by atoms with Crippen LogP contribution in [-0.2, 0) is 28.9 Å². The molecule has 0 saturated heterocycles. The van der Waals surface area contributed by atoms with E-state index in [1.54, 1.807) is 12.1 Å². The Bertz CT molecular complexity index is 1240. The molecule has 0 saturated carbocycles. The zero-order valence-electron chi connectivity index (χ0n) is 19.3. The van der Waals surface area contributed by atoms with Crippen LogP contribution in [0.15, 0.2) is 57.7 Å². The lowest BCUT2D eigenvalue weighted by molar-refractivity contribution is -0.139. The fraction of sp³-hybridized carbons (Fsp3) is 0.370. The van der Waals surface area contributed by atoms with E-state index in [1.165, 1.54) is 0 Å². The van der Waals surface area contributed by atoms with Gasteiger partial charge in [-0.3, -0.25) is 4.79 Å². The van der Waals surface area contributed by atoms with Crippen molar-refractivity contribution in [3.8, 4) is 5.75 Å². The van der Waals surface area contributed by atoms with Gasteiger partial charge >= 0.3 is 11.6 Å². The van der Waals surface area contributed by atoms with E-state index in [0.29, 0.717) is 12.0 Å². The van der Waals surface area contributed by atoms with Crippen molar-refractivity contribution in [1.82, 2.24) is 5.32 Å². The van der Waals surface area contributed by atoms with Crippen LogP contribution in [-0.4, -0.2) is 17.9 Å². The molecule has 1 amide bonds. The zero-order valence-corrected chi connectivity index (χ0v) is 19.3. The van der Waals surface area contributed by atoms with Crippen LogP contribution >= 0.6 is 0 Å². The molecule has 6 heteroatoms. The predicted octanol–water partition coefficient (Wildman–Crippen LogP) is 4.35. The lowest BCUT2D eigenvalue weighted by atomic mass is 9.91. The molecule has 1 aliphatic carbocycles. The summed E-state index contributed by atoms with van der Waals surface area (Å²) in [6.45, 7) is 5.91. The van der Waals surface area contributed by atoms with E-state index >= 15 is 0 Å². The van der Waals surface area contributed by atoms with Crippen LogP contribution in [0.5, 0.6) is 5.75 Å². The molecule has 172 valence electrons. The molecule has 1 heterocycles. The molecule has 1 N–H and O–H groups in total. The van der Waals surface area contributed by atoms with E-state index in [9.17, 15) is 14.4 Å². The molecule has 0 aliphatic heterocycles. The van der Waals surface area contributed by atoms with E-state index in [-0.39, 0.29) is 29.1 Å². The number of fused-ring (bicyclic) bond motifs is 3. The van der Waals surface area contributed by atoms with Crippen molar-refractivity contribution < 1.29 is 18.7 Å². The maximum absolute atomic E-state index is 13.1. The number of esters is 1. The van der Waals surface area contributed by atoms with Gasteiger partial charge in [0.05, 0.1) is 0 Å². The van der Waals surface area contributed by atoms with Crippen molar-refractivity contribution in [1.29, 1.82) is 0 Å². The summed E-state index contributed by atoms with van der Waals surface area (Å²) >= 11 is 0. The SMILES string of the molecule is CC(C)(C)CC(=O)N[C@@H](Cc1ccccc1)C(=O)Oc1ccc2c3c(c(=O)oc2c1)CCC3. The minimum atomic E-state index is -0.843. The summed E-state index contributed by atoms with van der Waals surface area (Å²) in [7, 11) is 0. The molecular weight excluding hydrogens is 418 g/mol. The lowest BCUT2D eigenvalue weighted by Crippen LogP contribution is -2.45. The molecule has 2 aromatic carbocycles. The van der Waals surface area contributed by atoms with Crippen molar-refractivity contribution in [3.63, 3.8) is 0 Å². The van der Waals surface area contributed by atoms with Crippen LogP contribution in [0.3, 0.4) is 0 Å². The third-order valence-electron chi connectivity index (χ3n) is 5.76. The second-order valence-electron chi connectivity index (χ2n) is 9.83. The normalized spacial score (nSPS) is 14.0. The summed E-state index contributed by atoms with van der Waals surface area (Å²) in [5.74, 6) is -0.499. The smallest absolute Gasteiger partial charge is 0.339 e. The number of carbonyl (C=O) groups is 2. The number of hydrogen-bond donors (Lipinski definition) is 1. The number of hydrogen-bond acceptors (Lipinski definition) is 5. The Morgan fingerprint density at radius 3 is 2.52 bits per heavy atom. The molecule has 1 aromatic heterocycles. The average molecular weight is 448 g/mol. The van der Waals surface area contributed by atoms with Gasteiger partial charge < -0.3 is 14.5 Å². The molecule has 3 aromatic rings. The van der Waals surface area contributed by atoms with E-state index in [4.69, 9.17) is 9.15 Å². The molecule has 1 atom stereocenters. The van der Waals surface area contributed by atoms with Gasteiger partial charge in [-0.05, 0) is 47.9 Å². The first-order valence-corrected chi connectivity index (χ1v) is 11.3. The van der Waals surface area contributed by atoms with Gasteiger partial charge in [0.2, 0.25) is 5.91 Å². The van der Waals surface area contributed by atoms with E-state index < -0.39 is 12.0 Å². The zero-order chi connectivity index (χ0) is 23.6. The minimum Gasteiger partial charge on any atom is -0.425 e. The van der Waals surface area contributed by atoms with Crippen molar-refractivity contribution >= 4 is 22.8 Å². The first-order chi connectivity index (χ1) is 15.7. The fourth-order valence-corrected chi connectivity index (χ4v) is 4.28. The summed E-state index contributed by atoms with van der Waals surface area (Å²) in [6, 6.07) is 13.7. The van der Waals surface area contributed by atoms with E-state index in [2.05, 4.69) is 5.32 Å². The molecule has 0 spiro atoms. The summed E-state index contributed by atoms with van der Waals surface area (Å²) in [4.78, 5) is 37.9. The van der Waals surface area contributed by atoms with E-state index in [1.807, 2.05) is 57.2 Å². The number of benzene rings is 2. The Morgan fingerprint density at radius 1 is 1.06 bits per heavy atom. The highest BCUT2D eigenvalue weighted by Crippen LogP contribution is 2.30. The maximum atomic E-state index is 13.1. The quantitative estimate of drug-likeness (QED) is 0.345. The molecule has 33 heavy (non-hydrogen) atoms. The average Bonchev–Trinajstić information content (AvgIpc) is 3.23. The molecule has 6 nitrogen and oxygen atoms in total. The van der Waals surface area contributed by atoms with Crippen molar-refractivity contribution in [3.05, 3.63) is 75.6 Å². The predicted molar refractivity (Wildman–Crippen MR) is 126 cm³/mol. The van der Waals surface area contributed by atoms with Gasteiger partial charge in [0.25, 0.3) is 0 Å². The first-order valence-electron chi connectivity index (χ1n) is 11.3. The third-order valence-corrected chi connectivity index (χ3v) is 5.76. The number of ether oxygens (including phenoxy) is 1. The van der Waals surface area contributed by atoms with Crippen LogP contribution in [0.1, 0.15) is 50.3 Å². The fourth-order valence-electron chi connectivity index (χ4n) is 4.28. The lowest BCUT2D eigenvalue weighted by Gasteiger charge is -2.22. The summed E-state index contributed by atoms with van der Waals surface area (Å²) < 4.78 is 11.1.